The van der Waals surface area contributed by atoms with E-state index in [-0.39, 0.29) is 0 Å². The zero-order valence-corrected chi connectivity index (χ0v) is 12.1. The van der Waals surface area contributed by atoms with Crippen molar-refractivity contribution in [2.24, 2.45) is 5.92 Å². The normalized spacial score (nSPS) is 10.6. The second-order valence-electron chi connectivity index (χ2n) is 5.24. The first-order valence-corrected chi connectivity index (χ1v) is 6.68. The molecule has 2 rings (SSSR count). The van der Waals surface area contributed by atoms with E-state index in [1.165, 1.54) is 0 Å². The van der Waals surface area contributed by atoms with Gasteiger partial charge in [0.1, 0.15) is 18.2 Å². The van der Waals surface area contributed by atoms with Crippen LogP contribution in [0.25, 0.3) is 0 Å². The molecule has 1 aromatic carbocycles. The summed E-state index contributed by atoms with van der Waals surface area (Å²) in [5.74, 6) is 1.43. The average Bonchev–Trinajstić information content (AvgIpc) is 2.85. The second-order valence-corrected chi connectivity index (χ2v) is 5.24. The van der Waals surface area contributed by atoms with Crippen molar-refractivity contribution in [1.82, 2.24) is 14.8 Å². The molecule has 0 amide bonds. The molecule has 0 fully saturated rings. The molecule has 5 heteroatoms. The molecule has 0 aliphatic carbocycles. The monoisotopic (exact) mass is 269 g/mol. The molecule has 5 nitrogen and oxygen atoms in total. The lowest BCUT2D eigenvalue weighted by Crippen LogP contribution is -2.21. The van der Waals surface area contributed by atoms with Gasteiger partial charge in [-0.15, -0.1) is 0 Å². The Labute approximate surface area is 119 Å². The van der Waals surface area contributed by atoms with Crippen LogP contribution in [0.3, 0.4) is 0 Å². The van der Waals surface area contributed by atoms with E-state index in [0.29, 0.717) is 18.0 Å². The molecule has 0 radical (unpaired) electrons. The van der Waals surface area contributed by atoms with Crippen LogP contribution in [0.1, 0.15) is 25.2 Å². The summed E-state index contributed by atoms with van der Waals surface area (Å²) in [6.07, 6.45) is 1.59. The highest BCUT2D eigenvalue weighted by Crippen LogP contribution is 2.19. The van der Waals surface area contributed by atoms with Gasteiger partial charge in [0, 0.05) is 13.6 Å². The number of hydrogen-bond acceptors (Lipinski definition) is 4. The van der Waals surface area contributed by atoms with Gasteiger partial charge in [-0.1, -0.05) is 26.0 Å². The Bertz CT molecular complexity index is 609. The predicted octanol–water partition coefficient (Wildman–Crippen LogP) is 2.44. The molecule has 0 saturated heterocycles. The second kappa shape index (κ2) is 6.20. The van der Waals surface area contributed by atoms with Crippen molar-refractivity contribution in [3.8, 4) is 6.07 Å². The smallest absolute Gasteiger partial charge is 0.146 e. The summed E-state index contributed by atoms with van der Waals surface area (Å²) in [5.41, 5.74) is 1.58. The van der Waals surface area contributed by atoms with Gasteiger partial charge in [-0.05, 0) is 18.1 Å². The summed E-state index contributed by atoms with van der Waals surface area (Å²) in [6, 6.07) is 9.80. The van der Waals surface area contributed by atoms with Crippen LogP contribution >= 0.6 is 0 Å². The number of benzene rings is 1. The molecular weight excluding hydrogens is 250 g/mol. The third-order valence-electron chi connectivity index (χ3n) is 3.05. The minimum atomic E-state index is 0.521. The van der Waals surface area contributed by atoms with Crippen LogP contribution in [0.5, 0.6) is 0 Å². The Morgan fingerprint density at radius 2 is 2.10 bits per heavy atom. The minimum absolute atomic E-state index is 0.521. The lowest BCUT2D eigenvalue weighted by atomic mass is 10.2. The van der Waals surface area contributed by atoms with Crippen LogP contribution in [0.4, 0.5) is 5.69 Å². The zero-order valence-electron chi connectivity index (χ0n) is 12.1. The number of nitrogens with zero attached hydrogens (tertiary/aromatic N) is 5. The minimum Gasteiger partial charge on any atom is -0.366 e. The Morgan fingerprint density at radius 3 is 2.80 bits per heavy atom. The molecule has 104 valence electrons. The van der Waals surface area contributed by atoms with E-state index in [4.69, 9.17) is 5.26 Å². The molecule has 0 aliphatic heterocycles. The van der Waals surface area contributed by atoms with Gasteiger partial charge < -0.3 is 4.90 Å². The van der Waals surface area contributed by atoms with E-state index in [1.54, 1.807) is 6.33 Å². The molecule has 2 aromatic rings. The largest absolute Gasteiger partial charge is 0.366 e. The Kier molecular flexibility index (Phi) is 4.36. The molecule has 0 atom stereocenters. The summed E-state index contributed by atoms with van der Waals surface area (Å²) >= 11 is 0. The lowest BCUT2D eigenvalue weighted by Gasteiger charge is -2.20. The summed E-state index contributed by atoms with van der Waals surface area (Å²) in [7, 11) is 1.96. The van der Waals surface area contributed by atoms with Crippen LogP contribution in [-0.2, 0) is 13.1 Å². The van der Waals surface area contributed by atoms with Crippen LogP contribution in [0.2, 0.25) is 0 Å². The fourth-order valence-corrected chi connectivity index (χ4v) is 2.11. The fraction of sp³-hybridized carbons (Fsp3) is 0.400. The van der Waals surface area contributed by atoms with Gasteiger partial charge in [0.25, 0.3) is 0 Å². The lowest BCUT2D eigenvalue weighted by molar-refractivity contribution is 0.465. The van der Waals surface area contributed by atoms with Crippen LogP contribution in [0, 0.1) is 17.2 Å². The van der Waals surface area contributed by atoms with Crippen LogP contribution in [-0.4, -0.2) is 21.8 Å². The first-order chi connectivity index (χ1) is 9.61. The molecule has 1 aromatic heterocycles. The molecule has 0 saturated carbocycles. The SMILES string of the molecule is CC(C)Cn1ncnc1CN(C)c1ccccc1C#N. The number of rotatable bonds is 5. The van der Waals surface area contributed by atoms with Crippen molar-refractivity contribution in [1.29, 1.82) is 5.26 Å². The first kappa shape index (κ1) is 14.1. The van der Waals surface area contributed by atoms with Gasteiger partial charge in [-0.25, -0.2) is 9.67 Å². The third kappa shape index (κ3) is 3.15. The van der Waals surface area contributed by atoms with Gasteiger partial charge in [-0.2, -0.15) is 10.4 Å². The predicted molar refractivity (Wildman–Crippen MR) is 78.1 cm³/mol. The van der Waals surface area contributed by atoms with Gasteiger partial charge in [0.15, 0.2) is 0 Å². The molecule has 0 bridgehead atoms. The number of anilines is 1. The Balaban J connectivity index is 2.18. The number of para-hydroxylation sites is 1. The molecule has 0 unspecified atom stereocenters. The van der Waals surface area contributed by atoms with Gasteiger partial charge >= 0.3 is 0 Å². The molecule has 1 heterocycles. The van der Waals surface area contributed by atoms with Crippen molar-refractivity contribution in [2.45, 2.75) is 26.9 Å². The quantitative estimate of drug-likeness (QED) is 0.836. The number of hydrogen-bond donors (Lipinski definition) is 0. The van der Waals surface area contributed by atoms with E-state index < -0.39 is 0 Å². The van der Waals surface area contributed by atoms with Gasteiger partial charge in [0.05, 0.1) is 17.8 Å². The van der Waals surface area contributed by atoms with Crippen LogP contribution in [0.15, 0.2) is 30.6 Å². The van der Waals surface area contributed by atoms with Crippen molar-refractivity contribution in [2.75, 3.05) is 11.9 Å². The molecule has 0 spiro atoms. The average molecular weight is 269 g/mol. The van der Waals surface area contributed by atoms with E-state index in [9.17, 15) is 0 Å². The standard InChI is InChI=1S/C15H19N5/c1-12(2)9-20-15(17-11-18-20)10-19(3)14-7-5-4-6-13(14)8-16/h4-7,11-12H,9-10H2,1-3H3. The highest BCUT2D eigenvalue weighted by Gasteiger charge is 2.12. The van der Waals surface area contributed by atoms with Crippen molar-refractivity contribution in [3.05, 3.63) is 42.0 Å². The maximum Gasteiger partial charge on any atom is 0.146 e. The molecule has 20 heavy (non-hydrogen) atoms. The van der Waals surface area contributed by atoms with Crippen molar-refractivity contribution >= 4 is 5.69 Å². The number of aromatic nitrogens is 3. The maximum absolute atomic E-state index is 9.16. The Morgan fingerprint density at radius 1 is 1.35 bits per heavy atom. The van der Waals surface area contributed by atoms with E-state index >= 15 is 0 Å². The summed E-state index contributed by atoms with van der Waals surface area (Å²) in [5, 5.41) is 13.4. The van der Waals surface area contributed by atoms with Crippen LogP contribution < -0.4 is 4.90 Å². The molecule has 0 aliphatic rings. The van der Waals surface area contributed by atoms with E-state index in [1.807, 2.05) is 40.9 Å². The Hall–Kier alpha value is -2.35. The summed E-state index contributed by atoms with van der Waals surface area (Å²) in [4.78, 5) is 6.34. The molecular formula is C15H19N5. The fourth-order valence-electron chi connectivity index (χ4n) is 2.11. The van der Waals surface area contributed by atoms with Gasteiger partial charge in [-0.3, -0.25) is 0 Å². The highest BCUT2D eigenvalue weighted by molar-refractivity contribution is 5.58. The topological polar surface area (TPSA) is 57.7 Å². The third-order valence-corrected chi connectivity index (χ3v) is 3.05. The first-order valence-electron chi connectivity index (χ1n) is 6.68. The number of nitriles is 1. The van der Waals surface area contributed by atoms with Gasteiger partial charge in [0.2, 0.25) is 0 Å². The van der Waals surface area contributed by atoms with Crippen molar-refractivity contribution in [3.63, 3.8) is 0 Å². The summed E-state index contributed by atoms with van der Waals surface area (Å²) < 4.78 is 1.93. The van der Waals surface area contributed by atoms with Crippen molar-refractivity contribution < 1.29 is 0 Å². The van der Waals surface area contributed by atoms with E-state index in [0.717, 1.165) is 18.1 Å². The summed E-state index contributed by atoms with van der Waals surface area (Å²) in [6.45, 7) is 5.79. The highest BCUT2D eigenvalue weighted by atomic mass is 15.3. The maximum atomic E-state index is 9.16. The molecule has 0 N–H and O–H groups in total. The van der Waals surface area contributed by atoms with E-state index in [2.05, 4.69) is 30.0 Å². The zero-order chi connectivity index (χ0) is 14.5.